The first-order valence-electron chi connectivity index (χ1n) is 12.1. The van der Waals surface area contributed by atoms with Crippen LogP contribution in [0.1, 0.15) is 5.56 Å². The monoisotopic (exact) mass is 521 g/mol. The molecule has 0 saturated carbocycles. The molecule has 5 rings (SSSR count). The van der Waals surface area contributed by atoms with Gasteiger partial charge in [-0.1, -0.05) is 6.07 Å². The highest BCUT2D eigenvalue weighted by molar-refractivity contribution is 7.92. The van der Waals surface area contributed by atoms with Gasteiger partial charge in [0.25, 0.3) is 0 Å². The van der Waals surface area contributed by atoms with Crippen LogP contribution in [0.4, 0.5) is 23.0 Å². The van der Waals surface area contributed by atoms with E-state index in [-0.39, 0.29) is 0 Å². The van der Waals surface area contributed by atoms with Crippen LogP contribution in [0.15, 0.2) is 61.1 Å². The lowest BCUT2D eigenvalue weighted by atomic mass is 10.2. The Hall–Kier alpha value is -3.83. The number of pyridine rings is 2. The number of nitrogens with zero attached hydrogens (tertiary/aromatic N) is 5. The second kappa shape index (κ2) is 10.3. The van der Waals surface area contributed by atoms with Crippen molar-refractivity contribution in [2.45, 2.75) is 6.54 Å². The Morgan fingerprint density at radius 3 is 2.70 bits per heavy atom. The van der Waals surface area contributed by atoms with Gasteiger partial charge in [-0.15, -0.1) is 0 Å². The minimum atomic E-state index is -3.43. The van der Waals surface area contributed by atoms with Gasteiger partial charge in [-0.3, -0.25) is 4.31 Å². The summed E-state index contributed by atoms with van der Waals surface area (Å²) >= 11 is 0. The number of aromatic nitrogens is 3. The van der Waals surface area contributed by atoms with Gasteiger partial charge in [0.15, 0.2) is 0 Å². The Morgan fingerprint density at radius 1 is 1.14 bits per heavy atom. The molecule has 3 aromatic heterocycles. The maximum absolute atomic E-state index is 12.1. The molecule has 194 valence electrons. The SMILES string of the molecule is COc1cc(N2CCNCC2)ccc1Nc1cc2c(ccn2Cc2cccnc2N(C)S(C)(=O)=O)cn1. The predicted molar refractivity (Wildman–Crippen MR) is 148 cm³/mol. The number of piperazine rings is 1. The van der Waals surface area contributed by atoms with Crippen LogP contribution in [-0.2, 0) is 16.6 Å². The summed E-state index contributed by atoms with van der Waals surface area (Å²) in [5, 5.41) is 7.75. The van der Waals surface area contributed by atoms with Gasteiger partial charge >= 0.3 is 0 Å². The van der Waals surface area contributed by atoms with E-state index < -0.39 is 10.0 Å². The van der Waals surface area contributed by atoms with Crippen LogP contribution in [0.3, 0.4) is 0 Å². The molecule has 37 heavy (non-hydrogen) atoms. The first kappa shape index (κ1) is 24.8. The number of nitrogens with one attached hydrogen (secondary N) is 2. The van der Waals surface area contributed by atoms with Crippen molar-refractivity contribution in [1.29, 1.82) is 0 Å². The lowest BCUT2D eigenvalue weighted by molar-refractivity contribution is 0.416. The molecule has 0 spiro atoms. The molecule has 1 aliphatic rings. The van der Waals surface area contributed by atoms with Gasteiger partial charge in [-0.05, 0) is 24.3 Å². The highest BCUT2D eigenvalue weighted by Crippen LogP contribution is 2.33. The molecule has 1 aliphatic heterocycles. The molecular weight excluding hydrogens is 490 g/mol. The highest BCUT2D eigenvalue weighted by Gasteiger charge is 2.18. The minimum absolute atomic E-state index is 0.411. The molecule has 0 atom stereocenters. The van der Waals surface area contributed by atoms with E-state index in [4.69, 9.17) is 4.74 Å². The standard InChI is InChI=1S/C26H31N7O3S/c1-31(37(3,34)35)26-20(5-4-9-28-26)18-33-12-8-19-17-29-25(16-23(19)33)30-22-7-6-21(15-24(22)36-2)32-13-10-27-11-14-32/h4-9,12,15-17,27H,10-11,13-14,18H2,1-3H3,(H,29,30). The third-order valence-electron chi connectivity index (χ3n) is 6.59. The molecule has 2 N–H and O–H groups in total. The largest absolute Gasteiger partial charge is 0.494 e. The van der Waals surface area contributed by atoms with E-state index in [9.17, 15) is 8.42 Å². The summed E-state index contributed by atoms with van der Waals surface area (Å²) in [6.45, 7) is 4.32. The fourth-order valence-electron chi connectivity index (χ4n) is 4.51. The summed E-state index contributed by atoms with van der Waals surface area (Å²) in [5.41, 5.74) is 3.72. The van der Waals surface area contributed by atoms with Crippen molar-refractivity contribution in [3.8, 4) is 5.75 Å². The lowest BCUT2D eigenvalue weighted by Crippen LogP contribution is -2.43. The molecule has 11 heteroatoms. The van der Waals surface area contributed by atoms with Crippen LogP contribution < -0.4 is 24.6 Å². The fourth-order valence-corrected chi connectivity index (χ4v) is 4.99. The average Bonchev–Trinajstić information content (AvgIpc) is 3.30. The van der Waals surface area contributed by atoms with Crippen molar-refractivity contribution < 1.29 is 13.2 Å². The number of methoxy groups -OCH3 is 1. The van der Waals surface area contributed by atoms with E-state index >= 15 is 0 Å². The van der Waals surface area contributed by atoms with Crippen LogP contribution in [0.25, 0.3) is 10.9 Å². The molecule has 0 aliphatic carbocycles. The number of fused-ring (bicyclic) bond motifs is 1. The van der Waals surface area contributed by atoms with Crippen molar-refractivity contribution in [3.05, 3.63) is 66.6 Å². The van der Waals surface area contributed by atoms with Gasteiger partial charge < -0.3 is 24.8 Å². The summed E-state index contributed by atoms with van der Waals surface area (Å²) < 4.78 is 33.2. The summed E-state index contributed by atoms with van der Waals surface area (Å²) in [6, 6.07) is 13.8. The van der Waals surface area contributed by atoms with Crippen LogP contribution in [-0.4, -0.2) is 69.5 Å². The number of ether oxygens (including phenoxy) is 1. The van der Waals surface area contributed by atoms with E-state index in [1.54, 1.807) is 13.3 Å². The van der Waals surface area contributed by atoms with Crippen molar-refractivity contribution in [3.63, 3.8) is 0 Å². The number of sulfonamides is 1. The molecule has 0 unspecified atom stereocenters. The highest BCUT2D eigenvalue weighted by atomic mass is 32.2. The Morgan fingerprint density at radius 2 is 1.95 bits per heavy atom. The Balaban J connectivity index is 1.42. The normalized spacial score (nSPS) is 14.1. The molecule has 0 amide bonds. The first-order valence-corrected chi connectivity index (χ1v) is 13.9. The zero-order chi connectivity index (χ0) is 26.0. The third-order valence-corrected chi connectivity index (χ3v) is 7.76. The van der Waals surface area contributed by atoms with E-state index in [0.717, 1.165) is 59.8 Å². The third kappa shape index (κ3) is 5.32. The number of hydrogen-bond donors (Lipinski definition) is 2. The smallest absolute Gasteiger partial charge is 0.233 e. The number of anilines is 4. The predicted octanol–water partition coefficient (Wildman–Crippen LogP) is 3.04. The van der Waals surface area contributed by atoms with E-state index in [1.165, 1.54) is 17.6 Å². The van der Waals surface area contributed by atoms with Crippen LogP contribution in [0.2, 0.25) is 0 Å². The summed E-state index contributed by atoms with van der Waals surface area (Å²) in [5.74, 6) is 1.84. The van der Waals surface area contributed by atoms with Crippen molar-refractivity contribution in [2.24, 2.45) is 0 Å². The lowest BCUT2D eigenvalue weighted by Gasteiger charge is -2.30. The number of rotatable bonds is 8. The van der Waals surface area contributed by atoms with Crippen molar-refractivity contribution in [1.82, 2.24) is 19.9 Å². The van der Waals surface area contributed by atoms with Gasteiger partial charge in [0.1, 0.15) is 17.4 Å². The van der Waals surface area contributed by atoms with Crippen LogP contribution in [0, 0.1) is 0 Å². The Labute approximate surface area is 216 Å². The number of hydrogen-bond acceptors (Lipinski definition) is 8. The molecule has 1 aromatic carbocycles. The molecule has 10 nitrogen and oxygen atoms in total. The summed E-state index contributed by atoms with van der Waals surface area (Å²) in [7, 11) is -0.250. The van der Waals surface area contributed by atoms with Gasteiger partial charge in [0.05, 0.1) is 31.1 Å². The zero-order valence-corrected chi connectivity index (χ0v) is 22.0. The maximum Gasteiger partial charge on any atom is 0.233 e. The van der Waals surface area contributed by atoms with E-state index in [1.807, 2.05) is 42.7 Å². The molecule has 1 saturated heterocycles. The maximum atomic E-state index is 12.1. The molecule has 4 aromatic rings. The quantitative estimate of drug-likeness (QED) is 0.365. The minimum Gasteiger partial charge on any atom is -0.494 e. The summed E-state index contributed by atoms with van der Waals surface area (Å²) in [6.07, 6.45) is 6.56. The molecule has 0 bridgehead atoms. The van der Waals surface area contributed by atoms with Crippen molar-refractivity contribution >= 4 is 43.9 Å². The second-order valence-corrected chi connectivity index (χ2v) is 11.0. The molecule has 4 heterocycles. The van der Waals surface area contributed by atoms with Gasteiger partial charge in [0.2, 0.25) is 10.0 Å². The number of benzene rings is 1. The average molecular weight is 522 g/mol. The molecule has 0 radical (unpaired) electrons. The van der Waals surface area contributed by atoms with Gasteiger partial charge in [-0.2, -0.15) is 0 Å². The Kier molecular flexibility index (Phi) is 6.90. The van der Waals surface area contributed by atoms with Crippen molar-refractivity contribution in [2.75, 3.05) is 61.1 Å². The van der Waals surface area contributed by atoms with Crippen LogP contribution >= 0.6 is 0 Å². The first-order chi connectivity index (χ1) is 17.8. The van der Waals surface area contributed by atoms with Gasteiger partial charge in [0, 0.05) is 80.6 Å². The second-order valence-electron chi connectivity index (χ2n) is 9.04. The van der Waals surface area contributed by atoms with E-state index in [0.29, 0.717) is 18.2 Å². The fraction of sp³-hybridized carbons (Fsp3) is 0.308. The zero-order valence-electron chi connectivity index (χ0n) is 21.2. The molecular formula is C26H31N7O3S. The summed E-state index contributed by atoms with van der Waals surface area (Å²) in [4.78, 5) is 11.3. The Bertz CT molecular complexity index is 1510. The topological polar surface area (TPSA) is 105 Å². The van der Waals surface area contributed by atoms with Crippen LogP contribution in [0.5, 0.6) is 5.75 Å². The molecule has 1 fully saturated rings. The van der Waals surface area contributed by atoms with E-state index in [2.05, 4.69) is 42.2 Å². The van der Waals surface area contributed by atoms with Gasteiger partial charge in [-0.25, -0.2) is 18.4 Å².